The minimum atomic E-state index is -4.53. The highest BCUT2D eigenvalue weighted by atomic mass is 19.4. The molecule has 0 aliphatic heterocycles. The van der Waals surface area contributed by atoms with E-state index in [2.05, 4.69) is 5.32 Å². The van der Waals surface area contributed by atoms with Crippen LogP contribution in [-0.4, -0.2) is 18.4 Å². The summed E-state index contributed by atoms with van der Waals surface area (Å²) in [5.41, 5.74) is 0.686. The Morgan fingerprint density at radius 1 is 1.08 bits per heavy atom. The molecule has 2 aromatic carbocycles. The van der Waals surface area contributed by atoms with Crippen molar-refractivity contribution in [3.05, 3.63) is 59.7 Å². The van der Waals surface area contributed by atoms with Crippen molar-refractivity contribution in [2.45, 2.75) is 26.4 Å². The maximum atomic E-state index is 12.9. The van der Waals surface area contributed by atoms with Crippen molar-refractivity contribution >= 4 is 23.2 Å². The van der Waals surface area contributed by atoms with Gasteiger partial charge in [0.15, 0.2) is 0 Å². The first-order valence-corrected chi connectivity index (χ1v) is 8.05. The van der Waals surface area contributed by atoms with E-state index >= 15 is 0 Å². The molecule has 0 spiro atoms. The quantitative estimate of drug-likeness (QED) is 0.862. The monoisotopic (exact) mass is 364 g/mol. The van der Waals surface area contributed by atoms with Crippen molar-refractivity contribution in [2.24, 2.45) is 0 Å². The van der Waals surface area contributed by atoms with Gasteiger partial charge in [0.05, 0.1) is 5.56 Å². The summed E-state index contributed by atoms with van der Waals surface area (Å²) in [5, 5.41) is 2.71. The molecule has 7 heteroatoms. The molecular weight excluding hydrogens is 345 g/mol. The molecule has 26 heavy (non-hydrogen) atoms. The van der Waals surface area contributed by atoms with Crippen LogP contribution in [0.2, 0.25) is 0 Å². The molecule has 1 N–H and O–H groups in total. The van der Waals surface area contributed by atoms with E-state index < -0.39 is 23.6 Å². The number of anilines is 2. The first-order chi connectivity index (χ1) is 12.2. The van der Waals surface area contributed by atoms with Crippen LogP contribution in [0, 0.1) is 0 Å². The summed E-state index contributed by atoms with van der Waals surface area (Å²) in [4.78, 5) is 25.2. The molecule has 0 radical (unpaired) electrons. The highest BCUT2D eigenvalue weighted by Crippen LogP contribution is 2.31. The maximum absolute atomic E-state index is 12.9. The molecule has 2 amide bonds. The molecule has 0 saturated heterocycles. The fourth-order valence-electron chi connectivity index (χ4n) is 2.52. The second-order valence-corrected chi connectivity index (χ2v) is 5.71. The Kier molecular flexibility index (Phi) is 6.02. The van der Waals surface area contributed by atoms with Gasteiger partial charge in [-0.2, -0.15) is 13.2 Å². The summed E-state index contributed by atoms with van der Waals surface area (Å²) in [6, 6.07) is 11.6. The Bertz CT molecular complexity index is 803. The van der Waals surface area contributed by atoms with Gasteiger partial charge in [0.1, 0.15) is 6.54 Å². The highest BCUT2D eigenvalue weighted by Gasteiger charge is 2.31. The SMILES string of the molecule is CCc1ccccc1NC(=O)CN(C(C)=O)c1cccc(C(F)(F)F)c1. The summed E-state index contributed by atoms with van der Waals surface area (Å²) in [7, 11) is 0. The van der Waals surface area contributed by atoms with Crippen LogP contribution < -0.4 is 10.2 Å². The van der Waals surface area contributed by atoms with E-state index in [0.717, 1.165) is 22.6 Å². The minimum Gasteiger partial charge on any atom is -0.324 e. The third-order valence-electron chi connectivity index (χ3n) is 3.84. The second kappa shape index (κ2) is 8.03. The van der Waals surface area contributed by atoms with Gasteiger partial charge in [-0.3, -0.25) is 9.59 Å². The van der Waals surface area contributed by atoms with E-state index in [1.165, 1.54) is 19.1 Å². The van der Waals surface area contributed by atoms with Gasteiger partial charge in [-0.25, -0.2) is 0 Å². The van der Waals surface area contributed by atoms with Gasteiger partial charge < -0.3 is 10.2 Å². The summed E-state index contributed by atoms with van der Waals surface area (Å²) in [6.45, 7) is 2.76. The number of alkyl halides is 3. The molecule has 0 aliphatic carbocycles. The predicted molar refractivity (Wildman–Crippen MR) is 93.9 cm³/mol. The average molecular weight is 364 g/mol. The number of hydrogen-bond donors (Lipinski definition) is 1. The third-order valence-corrected chi connectivity index (χ3v) is 3.84. The molecule has 0 bridgehead atoms. The maximum Gasteiger partial charge on any atom is 0.416 e. The molecule has 0 aliphatic rings. The molecule has 0 saturated carbocycles. The first kappa shape index (κ1) is 19.5. The van der Waals surface area contributed by atoms with Crippen LogP contribution >= 0.6 is 0 Å². The zero-order valence-corrected chi connectivity index (χ0v) is 14.4. The van der Waals surface area contributed by atoms with Gasteiger partial charge in [-0.05, 0) is 36.2 Å². The highest BCUT2D eigenvalue weighted by molar-refractivity contribution is 6.02. The molecule has 2 rings (SSSR count). The van der Waals surface area contributed by atoms with Crippen LogP contribution in [0.4, 0.5) is 24.5 Å². The fourth-order valence-corrected chi connectivity index (χ4v) is 2.52. The van der Waals surface area contributed by atoms with Crippen LogP contribution in [0.15, 0.2) is 48.5 Å². The Labute approximate surface area is 149 Å². The minimum absolute atomic E-state index is 0.0197. The average Bonchev–Trinajstić information content (AvgIpc) is 2.59. The van der Waals surface area contributed by atoms with Crippen LogP contribution in [-0.2, 0) is 22.2 Å². The van der Waals surface area contributed by atoms with E-state index in [0.29, 0.717) is 12.1 Å². The Balaban J connectivity index is 2.21. The fraction of sp³-hybridized carbons (Fsp3) is 0.263. The number of rotatable bonds is 5. The van der Waals surface area contributed by atoms with E-state index in [1.807, 2.05) is 19.1 Å². The molecule has 4 nitrogen and oxygen atoms in total. The standard InChI is InChI=1S/C19H19F3N2O2/c1-3-14-7-4-5-10-17(14)23-18(26)12-24(13(2)25)16-9-6-8-15(11-16)19(20,21)22/h4-11H,3,12H2,1-2H3,(H,23,26). The number of carbonyl (C=O) groups is 2. The number of para-hydroxylation sites is 1. The summed E-state index contributed by atoms with van der Waals surface area (Å²) >= 11 is 0. The molecule has 0 atom stereocenters. The van der Waals surface area contributed by atoms with Crippen molar-refractivity contribution in [1.82, 2.24) is 0 Å². The lowest BCUT2D eigenvalue weighted by atomic mass is 10.1. The van der Waals surface area contributed by atoms with Crippen molar-refractivity contribution < 1.29 is 22.8 Å². The van der Waals surface area contributed by atoms with Gasteiger partial charge >= 0.3 is 6.18 Å². The molecule has 2 aromatic rings. The Hall–Kier alpha value is -2.83. The van der Waals surface area contributed by atoms with Crippen LogP contribution in [0.3, 0.4) is 0 Å². The largest absolute Gasteiger partial charge is 0.416 e. The number of carbonyl (C=O) groups excluding carboxylic acids is 2. The topological polar surface area (TPSA) is 49.4 Å². The van der Waals surface area contributed by atoms with E-state index in [4.69, 9.17) is 0 Å². The van der Waals surface area contributed by atoms with Gasteiger partial charge in [-0.1, -0.05) is 31.2 Å². The van der Waals surface area contributed by atoms with Crippen molar-refractivity contribution in [2.75, 3.05) is 16.8 Å². The molecule has 0 unspecified atom stereocenters. The number of amides is 2. The molecular formula is C19H19F3N2O2. The summed E-state index contributed by atoms with van der Waals surface area (Å²) in [6.07, 6.45) is -3.82. The molecule has 0 aromatic heterocycles. The van der Waals surface area contributed by atoms with Crippen molar-refractivity contribution in [3.8, 4) is 0 Å². The third kappa shape index (κ3) is 4.84. The van der Waals surface area contributed by atoms with Gasteiger partial charge in [0, 0.05) is 18.3 Å². The zero-order valence-electron chi connectivity index (χ0n) is 14.4. The number of benzene rings is 2. The van der Waals surface area contributed by atoms with Crippen LogP contribution in [0.1, 0.15) is 25.0 Å². The Morgan fingerprint density at radius 3 is 2.38 bits per heavy atom. The molecule has 0 fully saturated rings. The lowest BCUT2D eigenvalue weighted by Gasteiger charge is -2.22. The Morgan fingerprint density at radius 2 is 1.77 bits per heavy atom. The normalized spacial score (nSPS) is 11.1. The second-order valence-electron chi connectivity index (χ2n) is 5.71. The molecule has 138 valence electrons. The van der Waals surface area contributed by atoms with Crippen molar-refractivity contribution in [1.29, 1.82) is 0 Å². The van der Waals surface area contributed by atoms with E-state index in [9.17, 15) is 22.8 Å². The van der Waals surface area contributed by atoms with Gasteiger partial charge in [0.25, 0.3) is 0 Å². The summed E-state index contributed by atoms with van der Waals surface area (Å²) in [5.74, 6) is -1.01. The number of nitrogens with zero attached hydrogens (tertiary/aromatic N) is 1. The first-order valence-electron chi connectivity index (χ1n) is 8.05. The zero-order chi connectivity index (χ0) is 19.3. The van der Waals surface area contributed by atoms with E-state index in [-0.39, 0.29) is 12.2 Å². The van der Waals surface area contributed by atoms with Crippen LogP contribution in [0.5, 0.6) is 0 Å². The summed E-state index contributed by atoms with van der Waals surface area (Å²) < 4.78 is 38.6. The number of hydrogen-bond acceptors (Lipinski definition) is 2. The van der Waals surface area contributed by atoms with Gasteiger partial charge in [-0.15, -0.1) is 0 Å². The smallest absolute Gasteiger partial charge is 0.324 e. The lowest BCUT2D eigenvalue weighted by Crippen LogP contribution is -2.37. The number of aryl methyl sites for hydroxylation is 1. The van der Waals surface area contributed by atoms with Crippen molar-refractivity contribution in [3.63, 3.8) is 0 Å². The van der Waals surface area contributed by atoms with E-state index in [1.54, 1.807) is 12.1 Å². The lowest BCUT2D eigenvalue weighted by molar-refractivity contribution is -0.137. The van der Waals surface area contributed by atoms with Gasteiger partial charge in [0.2, 0.25) is 11.8 Å². The number of halogens is 3. The molecule has 0 heterocycles. The predicted octanol–water partition coefficient (Wildman–Crippen LogP) is 4.26. The number of nitrogens with one attached hydrogen (secondary N) is 1. The van der Waals surface area contributed by atoms with Crippen LogP contribution in [0.25, 0.3) is 0 Å².